The van der Waals surface area contributed by atoms with Crippen LogP contribution in [0.2, 0.25) is 0 Å². The first-order chi connectivity index (χ1) is 35.9. The predicted molar refractivity (Wildman–Crippen MR) is 257 cm³/mol. The van der Waals surface area contributed by atoms with Crippen molar-refractivity contribution < 1.29 is 44.1 Å². The number of para-hydroxylation sites is 4. The zero-order chi connectivity index (χ0) is 52.8. The largest absolute Gasteiger partial charge is 0.510 e. The molecule has 4 aromatic heterocycles. The van der Waals surface area contributed by atoms with Crippen LogP contribution in [0.3, 0.4) is 0 Å². The minimum absolute atomic E-state index is 0. The summed E-state index contributed by atoms with van der Waals surface area (Å²) in [5.74, 6) is 1.26. The average molecular weight is 1040 g/mol. The molecule has 0 bridgehead atoms. The molecule has 9 heteroatoms. The van der Waals surface area contributed by atoms with Crippen molar-refractivity contribution >= 4 is 38.8 Å². The first-order valence-electron chi connectivity index (χ1n) is 25.6. The second-order valence-electron chi connectivity index (χ2n) is 16.2. The van der Waals surface area contributed by atoms with Crippen molar-refractivity contribution in [3.63, 3.8) is 0 Å². The second-order valence-corrected chi connectivity index (χ2v) is 16.2. The Morgan fingerprint density at radius 2 is 1.35 bits per heavy atom. The molecule has 11 aromatic rings. The molecule has 0 aliphatic carbocycles. The molecule has 0 amide bonds. The fourth-order valence-corrected chi connectivity index (χ4v) is 8.06. The van der Waals surface area contributed by atoms with Gasteiger partial charge in [0.25, 0.3) is 6.33 Å². The molecule has 0 saturated carbocycles. The van der Waals surface area contributed by atoms with Crippen molar-refractivity contribution in [1.29, 1.82) is 0 Å². The molecule has 66 heavy (non-hydrogen) atoms. The van der Waals surface area contributed by atoms with Gasteiger partial charge in [-0.1, -0.05) is 147 Å². The molecule has 0 unspecified atom stereocenters. The van der Waals surface area contributed by atoms with Gasteiger partial charge in [-0.3, -0.25) is 4.57 Å². The molecule has 4 heterocycles. The zero-order valence-corrected chi connectivity index (χ0v) is 37.7. The van der Waals surface area contributed by atoms with E-state index in [2.05, 4.69) is 70.7 Å². The maximum atomic E-state index is 9.09. The van der Waals surface area contributed by atoms with Gasteiger partial charge in [-0.05, 0) is 62.5 Å². The van der Waals surface area contributed by atoms with Crippen LogP contribution in [-0.2, 0) is 26.5 Å². The molecule has 0 aliphatic heterocycles. The molecule has 0 saturated heterocycles. The standard InChI is InChI=1S/C57H39N7O.Pt/c1-57(2,3)42-28-29-59-54(32-42)64-50-23-12-11-20-48(50)49-27-26-44(34-53(49)64)65-45-31-40(41-35-60-56(58-4)61-36-41)30-43(33-45)62-37-63(52-25-14-13-24-51(52)62)55-46(38-16-7-5-8-17-38)21-15-22-47(55)39-18-9-6-10-19-39;/h5-32,35-36H,1-3H3;/q-2;/i5D,6D,7D,8D,9D,10D,16D,17D,18D,19D;. The van der Waals surface area contributed by atoms with Gasteiger partial charge in [-0.2, -0.15) is 22.1 Å². The van der Waals surface area contributed by atoms with Crippen LogP contribution in [0.1, 0.15) is 40.0 Å². The maximum Gasteiger partial charge on any atom is 0.371 e. The summed E-state index contributed by atoms with van der Waals surface area (Å²) in [5.41, 5.74) is 5.04. The van der Waals surface area contributed by atoms with Gasteiger partial charge >= 0.3 is 5.95 Å². The Kier molecular flexibility index (Phi) is 8.28. The van der Waals surface area contributed by atoms with Gasteiger partial charge in [0, 0.05) is 49.8 Å². The fourth-order valence-electron chi connectivity index (χ4n) is 8.06. The first kappa shape index (κ1) is 31.8. The van der Waals surface area contributed by atoms with Crippen LogP contribution in [0.5, 0.6) is 11.5 Å². The summed E-state index contributed by atoms with van der Waals surface area (Å²) < 4.78 is 99.7. The van der Waals surface area contributed by atoms with Gasteiger partial charge in [0.15, 0.2) is 0 Å². The van der Waals surface area contributed by atoms with E-state index in [0.717, 1.165) is 27.4 Å². The van der Waals surface area contributed by atoms with Crippen molar-refractivity contribution in [2.24, 2.45) is 0 Å². The Balaban J connectivity index is 0.00000657. The van der Waals surface area contributed by atoms with E-state index in [4.69, 9.17) is 30.0 Å². The Morgan fingerprint density at radius 3 is 2.05 bits per heavy atom. The van der Waals surface area contributed by atoms with Crippen LogP contribution in [0.25, 0.3) is 88.3 Å². The summed E-state index contributed by atoms with van der Waals surface area (Å²) in [6.45, 7) is 13.9. The summed E-state index contributed by atoms with van der Waals surface area (Å²) in [6.07, 6.45) is 8.28. The van der Waals surface area contributed by atoms with Gasteiger partial charge < -0.3 is 18.7 Å². The number of pyridine rings is 1. The molecular formula is C57H39N7OPt-2. The molecule has 11 rings (SSSR count). The van der Waals surface area contributed by atoms with E-state index in [1.165, 1.54) is 12.4 Å². The fraction of sp³-hybridized carbons (Fsp3) is 0.0702. The summed E-state index contributed by atoms with van der Waals surface area (Å²) in [6, 6.07) is 32.7. The molecule has 0 radical (unpaired) electrons. The molecule has 0 atom stereocenters. The molecule has 8 nitrogen and oxygen atoms in total. The number of ether oxygens (including phenoxy) is 1. The van der Waals surface area contributed by atoms with Gasteiger partial charge in [0.1, 0.15) is 5.82 Å². The molecular weight excluding hydrogens is 994 g/mol. The minimum atomic E-state index is -0.599. The van der Waals surface area contributed by atoms with Crippen molar-refractivity contribution in [3.8, 4) is 62.1 Å². The Morgan fingerprint density at radius 1 is 0.667 bits per heavy atom. The first-order valence-corrected chi connectivity index (χ1v) is 20.6. The Labute approximate surface area is 411 Å². The van der Waals surface area contributed by atoms with Crippen LogP contribution in [0.15, 0.2) is 182 Å². The van der Waals surface area contributed by atoms with E-state index in [0.29, 0.717) is 39.4 Å². The third kappa shape index (κ3) is 7.64. The van der Waals surface area contributed by atoms with Crippen LogP contribution in [0, 0.1) is 25.0 Å². The number of rotatable bonds is 8. The number of aromatic nitrogens is 6. The summed E-state index contributed by atoms with van der Waals surface area (Å²) in [4.78, 5) is 16.7. The SMILES string of the molecule is [2H]c1c([2H])c([2H])c(-c2cccc(-c3c([2H])c([2H])c([2H])c([2H])c3[2H])c2-[n+]2[c-]n(-c3[c-]c(Oc4[c-]c5c(cc4)c4ccccc4n5-c4cc(C(C)(C)C)ccn4)cc(-c4cnc([N+]#[C-])nc4)c3)c3ccccc32)c([2H])c1[2H].[Pt]. The summed E-state index contributed by atoms with van der Waals surface area (Å²) >= 11 is 0. The third-order valence-corrected chi connectivity index (χ3v) is 11.1. The van der Waals surface area contributed by atoms with Gasteiger partial charge in [-0.15, -0.1) is 41.8 Å². The van der Waals surface area contributed by atoms with Gasteiger partial charge in [0.05, 0.1) is 42.8 Å². The van der Waals surface area contributed by atoms with E-state index in [9.17, 15) is 0 Å². The normalized spacial score (nSPS) is 13.5. The van der Waals surface area contributed by atoms with E-state index in [1.807, 2.05) is 54.7 Å². The summed E-state index contributed by atoms with van der Waals surface area (Å²) in [7, 11) is 0. The Bertz CT molecular complexity index is 4100. The number of benzene rings is 7. The van der Waals surface area contributed by atoms with Crippen molar-refractivity contribution in [2.75, 3.05) is 0 Å². The Hall–Kier alpha value is -7.98. The van der Waals surface area contributed by atoms with E-state index < -0.39 is 60.4 Å². The quantitative estimate of drug-likeness (QED) is 0.112. The van der Waals surface area contributed by atoms with E-state index in [-0.39, 0.29) is 66.1 Å². The molecule has 0 fully saturated rings. The van der Waals surface area contributed by atoms with Crippen molar-refractivity contribution in [2.45, 2.75) is 26.2 Å². The predicted octanol–water partition coefficient (Wildman–Crippen LogP) is 13.2. The zero-order valence-electron chi connectivity index (χ0n) is 45.4. The topological polar surface area (TPSA) is 66.0 Å². The maximum absolute atomic E-state index is 9.09. The molecule has 0 N–H and O–H groups in total. The average Bonchev–Trinajstić information content (AvgIpc) is 3.96. The number of fused-ring (bicyclic) bond motifs is 4. The van der Waals surface area contributed by atoms with Crippen molar-refractivity contribution in [1.82, 2.24) is 24.1 Å². The molecule has 7 aromatic carbocycles. The third-order valence-electron chi connectivity index (χ3n) is 11.1. The number of nitrogens with zero attached hydrogens (tertiary/aromatic N) is 7. The molecule has 320 valence electrons. The number of imidazole rings is 1. The van der Waals surface area contributed by atoms with Gasteiger partial charge in [0.2, 0.25) is 0 Å². The molecule has 0 aliphatic rings. The minimum Gasteiger partial charge on any atom is -0.510 e. The monoisotopic (exact) mass is 1040 g/mol. The number of hydrogen-bond acceptors (Lipinski definition) is 4. The van der Waals surface area contributed by atoms with Crippen LogP contribution in [-0.4, -0.2) is 24.1 Å². The van der Waals surface area contributed by atoms with Crippen LogP contribution in [0.4, 0.5) is 5.95 Å². The van der Waals surface area contributed by atoms with Crippen molar-refractivity contribution in [3.05, 3.63) is 218 Å². The van der Waals surface area contributed by atoms with Crippen LogP contribution < -0.4 is 9.30 Å². The smallest absolute Gasteiger partial charge is 0.371 e. The number of hydrogen-bond donors (Lipinski definition) is 0. The van der Waals surface area contributed by atoms with E-state index in [1.54, 1.807) is 51.6 Å². The van der Waals surface area contributed by atoms with Gasteiger partial charge in [-0.25, -0.2) is 4.98 Å². The molecule has 0 spiro atoms. The van der Waals surface area contributed by atoms with Crippen LogP contribution >= 0.6 is 0 Å². The van der Waals surface area contributed by atoms with E-state index >= 15 is 0 Å². The second kappa shape index (κ2) is 17.2. The summed E-state index contributed by atoms with van der Waals surface area (Å²) in [5, 5.41) is 1.93.